The molecule has 0 spiro atoms. The lowest BCUT2D eigenvalue weighted by Crippen LogP contribution is -2.13. The van der Waals surface area contributed by atoms with Crippen LogP contribution in [0.3, 0.4) is 0 Å². The second-order valence-corrected chi connectivity index (χ2v) is 3.18. The van der Waals surface area contributed by atoms with E-state index < -0.39 is 5.82 Å². The van der Waals surface area contributed by atoms with Gasteiger partial charge in [-0.2, -0.15) is 0 Å². The summed E-state index contributed by atoms with van der Waals surface area (Å²) in [6, 6.07) is 3.55. The summed E-state index contributed by atoms with van der Waals surface area (Å²) < 4.78 is 13.4. The molecule has 0 bridgehead atoms. The number of nitrogens with one attached hydrogen (secondary N) is 1. The molecule has 0 saturated heterocycles. The number of aromatic nitrogens is 3. The highest BCUT2D eigenvalue weighted by molar-refractivity contribution is 5.56. The fourth-order valence-corrected chi connectivity index (χ4v) is 1.28. The Kier molecular flexibility index (Phi) is 2.74. The van der Waals surface area contributed by atoms with E-state index in [1.807, 2.05) is 0 Å². The van der Waals surface area contributed by atoms with E-state index in [-0.39, 0.29) is 11.5 Å². The first-order valence-corrected chi connectivity index (χ1v) is 4.63. The first kappa shape index (κ1) is 10.4. The van der Waals surface area contributed by atoms with E-state index in [4.69, 9.17) is 5.84 Å². The number of hydrogen-bond donors (Lipinski definition) is 2. The Morgan fingerprint density at radius 3 is 2.81 bits per heavy atom. The van der Waals surface area contributed by atoms with Gasteiger partial charge in [0.15, 0.2) is 17.5 Å². The third-order valence-electron chi connectivity index (χ3n) is 2.07. The number of nitrogen functional groups attached to an aromatic ring is 1. The Morgan fingerprint density at radius 2 is 2.19 bits per heavy atom. The summed E-state index contributed by atoms with van der Waals surface area (Å²) in [5, 5.41) is 0. The SMILES string of the molecule is Cc1nc(-c2cccnc2)nc(NN)c1F. The number of nitrogens with two attached hydrogens (primary N) is 1. The zero-order valence-corrected chi connectivity index (χ0v) is 8.61. The van der Waals surface area contributed by atoms with Crippen molar-refractivity contribution in [2.45, 2.75) is 6.92 Å². The lowest BCUT2D eigenvalue weighted by Gasteiger charge is -2.06. The maximum absolute atomic E-state index is 13.4. The largest absolute Gasteiger partial charge is 0.306 e. The fourth-order valence-electron chi connectivity index (χ4n) is 1.28. The Bertz CT molecular complexity index is 500. The summed E-state index contributed by atoms with van der Waals surface area (Å²) in [4.78, 5) is 11.9. The molecule has 5 nitrogen and oxygen atoms in total. The van der Waals surface area contributed by atoms with E-state index in [9.17, 15) is 4.39 Å². The molecule has 6 heteroatoms. The number of halogens is 1. The molecular weight excluding hydrogens is 209 g/mol. The zero-order chi connectivity index (χ0) is 11.5. The Morgan fingerprint density at radius 1 is 1.38 bits per heavy atom. The predicted octanol–water partition coefficient (Wildman–Crippen LogP) is 1.27. The van der Waals surface area contributed by atoms with Crippen LogP contribution in [-0.2, 0) is 0 Å². The van der Waals surface area contributed by atoms with Crippen molar-refractivity contribution in [1.82, 2.24) is 15.0 Å². The summed E-state index contributed by atoms with van der Waals surface area (Å²) in [5.41, 5.74) is 3.15. The number of anilines is 1. The standard InChI is InChI=1S/C10H10FN5/c1-6-8(11)10(16-12)15-9(14-6)7-3-2-4-13-5-7/h2-5H,12H2,1H3,(H,14,15,16). The summed E-state index contributed by atoms with van der Waals surface area (Å²) in [5.74, 6) is 4.99. The Labute approximate surface area is 91.5 Å². The van der Waals surface area contributed by atoms with Crippen molar-refractivity contribution in [3.8, 4) is 11.4 Å². The molecule has 2 aromatic rings. The van der Waals surface area contributed by atoms with Crippen LogP contribution in [0.25, 0.3) is 11.4 Å². The topological polar surface area (TPSA) is 76.7 Å². The molecule has 0 amide bonds. The molecule has 2 rings (SSSR count). The maximum atomic E-state index is 13.4. The van der Waals surface area contributed by atoms with Gasteiger partial charge in [0.1, 0.15) is 0 Å². The highest BCUT2D eigenvalue weighted by Crippen LogP contribution is 2.19. The van der Waals surface area contributed by atoms with E-state index >= 15 is 0 Å². The first-order chi connectivity index (χ1) is 7.72. The molecule has 0 unspecified atom stereocenters. The van der Waals surface area contributed by atoms with Crippen molar-refractivity contribution in [1.29, 1.82) is 0 Å². The van der Waals surface area contributed by atoms with Crippen molar-refractivity contribution >= 4 is 5.82 Å². The third-order valence-corrected chi connectivity index (χ3v) is 2.07. The smallest absolute Gasteiger partial charge is 0.187 e. The van der Waals surface area contributed by atoms with Gasteiger partial charge in [0.25, 0.3) is 0 Å². The molecule has 2 aromatic heterocycles. The molecular formula is C10H10FN5. The van der Waals surface area contributed by atoms with Gasteiger partial charge < -0.3 is 5.43 Å². The molecule has 0 aliphatic carbocycles. The molecule has 2 heterocycles. The maximum Gasteiger partial charge on any atom is 0.187 e. The highest BCUT2D eigenvalue weighted by Gasteiger charge is 2.11. The van der Waals surface area contributed by atoms with Gasteiger partial charge in [-0.3, -0.25) is 4.98 Å². The molecule has 0 aromatic carbocycles. The number of aryl methyl sites for hydroxylation is 1. The molecule has 0 aliphatic rings. The van der Waals surface area contributed by atoms with Crippen molar-refractivity contribution in [3.05, 3.63) is 36.0 Å². The van der Waals surface area contributed by atoms with Crippen LogP contribution in [0, 0.1) is 12.7 Å². The van der Waals surface area contributed by atoms with E-state index in [2.05, 4.69) is 20.4 Å². The van der Waals surface area contributed by atoms with Gasteiger partial charge in [0.2, 0.25) is 0 Å². The normalized spacial score (nSPS) is 10.2. The molecule has 0 aliphatic heterocycles. The van der Waals surface area contributed by atoms with Crippen LogP contribution >= 0.6 is 0 Å². The number of pyridine rings is 1. The molecule has 82 valence electrons. The van der Waals surface area contributed by atoms with Gasteiger partial charge in [-0.05, 0) is 19.1 Å². The van der Waals surface area contributed by atoms with Gasteiger partial charge in [0, 0.05) is 18.0 Å². The van der Waals surface area contributed by atoms with E-state index in [0.717, 1.165) is 0 Å². The van der Waals surface area contributed by atoms with Gasteiger partial charge in [0.05, 0.1) is 5.69 Å². The minimum atomic E-state index is -0.546. The summed E-state index contributed by atoms with van der Waals surface area (Å²) in [6.07, 6.45) is 3.24. The number of hydrogen-bond acceptors (Lipinski definition) is 5. The first-order valence-electron chi connectivity index (χ1n) is 4.63. The van der Waals surface area contributed by atoms with Crippen LogP contribution in [0.5, 0.6) is 0 Å². The summed E-state index contributed by atoms with van der Waals surface area (Å²) in [6.45, 7) is 1.55. The lowest BCUT2D eigenvalue weighted by atomic mass is 10.2. The average Bonchev–Trinajstić information content (AvgIpc) is 2.33. The van der Waals surface area contributed by atoms with Crippen LogP contribution in [0.15, 0.2) is 24.5 Å². The number of rotatable bonds is 2. The molecule has 0 saturated carbocycles. The van der Waals surface area contributed by atoms with Gasteiger partial charge >= 0.3 is 0 Å². The molecule has 0 radical (unpaired) electrons. The van der Waals surface area contributed by atoms with Crippen molar-refractivity contribution < 1.29 is 4.39 Å². The third kappa shape index (κ3) is 1.82. The van der Waals surface area contributed by atoms with Crippen LogP contribution in [0.4, 0.5) is 10.2 Å². The molecule has 3 N–H and O–H groups in total. The molecule has 16 heavy (non-hydrogen) atoms. The van der Waals surface area contributed by atoms with Crippen molar-refractivity contribution in [2.24, 2.45) is 5.84 Å². The zero-order valence-electron chi connectivity index (χ0n) is 8.61. The Hall–Kier alpha value is -2.08. The lowest BCUT2D eigenvalue weighted by molar-refractivity contribution is 0.606. The van der Waals surface area contributed by atoms with Crippen LogP contribution in [0.1, 0.15) is 5.69 Å². The minimum absolute atomic E-state index is 0.0219. The number of nitrogens with zero attached hydrogens (tertiary/aromatic N) is 3. The average molecular weight is 219 g/mol. The van der Waals surface area contributed by atoms with Gasteiger partial charge in [-0.15, -0.1) is 0 Å². The Balaban J connectivity index is 2.55. The van der Waals surface area contributed by atoms with E-state index in [0.29, 0.717) is 11.4 Å². The fraction of sp³-hybridized carbons (Fsp3) is 0.100. The van der Waals surface area contributed by atoms with Crippen molar-refractivity contribution in [3.63, 3.8) is 0 Å². The number of hydrazine groups is 1. The monoisotopic (exact) mass is 219 g/mol. The molecule has 0 atom stereocenters. The van der Waals surface area contributed by atoms with E-state index in [1.165, 1.54) is 0 Å². The summed E-state index contributed by atoms with van der Waals surface area (Å²) in [7, 11) is 0. The van der Waals surface area contributed by atoms with Crippen LogP contribution < -0.4 is 11.3 Å². The predicted molar refractivity (Wildman–Crippen MR) is 57.8 cm³/mol. The summed E-state index contributed by atoms with van der Waals surface area (Å²) >= 11 is 0. The molecule has 0 fully saturated rings. The van der Waals surface area contributed by atoms with Crippen LogP contribution in [0.2, 0.25) is 0 Å². The highest BCUT2D eigenvalue weighted by atomic mass is 19.1. The van der Waals surface area contributed by atoms with Gasteiger partial charge in [-0.1, -0.05) is 0 Å². The van der Waals surface area contributed by atoms with Gasteiger partial charge in [-0.25, -0.2) is 20.2 Å². The minimum Gasteiger partial charge on any atom is -0.306 e. The van der Waals surface area contributed by atoms with E-state index in [1.54, 1.807) is 31.5 Å². The quantitative estimate of drug-likeness (QED) is 0.587. The van der Waals surface area contributed by atoms with Crippen LogP contribution in [-0.4, -0.2) is 15.0 Å². The second kappa shape index (κ2) is 4.19. The second-order valence-electron chi connectivity index (χ2n) is 3.18. The van der Waals surface area contributed by atoms with Crippen molar-refractivity contribution in [2.75, 3.05) is 5.43 Å².